The highest BCUT2D eigenvalue weighted by Crippen LogP contribution is 2.26. The predicted octanol–water partition coefficient (Wildman–Crippen LogP) is 2.40. The van der Waals surface area contributed by atoms with E-state index in [0.29, 0.717) is 23.9 Å². The monoisotopic (exact) mass is 327 g/mol. The predicted molar refractivity (Wildman–Crippen MR) is 76.6 cm³/mol. The normalized spacial score (nSPS) is 11.5. The van der Waals surface area contributed by atoms with Crippen molar-refractivity contribution >= 4 is 38.9 Å². The molecule has 0 saturated heterocycles. The Balaban J connectivity index is 2.50. The molecule has 0 aliphatic heterocycles. The second-order valence-electron chi connectivity index (χ2n) is 3.65. The lowest BCUT2D eigenvalue weighted by Crippen LogP contribution is -2.21. The van der Waals surface area contributed by atoms with Gasteiger partial charge in [-0.15, -0.1) is 0 Å². The van der Waals surface area contributed by atoms with Gasteiger partial charge in [-0.25, -0.2) is 8.42 Å². The summed E-state index contributed by atoms with van der Waals surface area (Å²) in [6.07, 6.45) is 0. The van der Waals surface area contributed by atoms with Crippen molar-refractivity contribution in [3.8, 4) is 0 Å². The summed E-state index contributed by atoms with van der Waals surface area (Å²) in [7, 11) is -1.95. The summed E-state index contributed by atoms with van der Waals surface area (Å²) in [6, 6.07) is 4.53. The molecule has 0 aromatic heterocycles. The van der Waals surface area contributed by atoms with Crippen LogP contribution in [0, 0.1) is 0 Å². The van der Waals surface area contributed by atoms with Crippen molar-refractivity contribution < 1.29 is 17.9 Å². The smallest absolute Gasteiger partial charge is 0.235 e. The maximum absolute atomic E-state index is 11.8. The molecule has 0 atom stereocenters. The van der Waals surface area contributed by atoms with Crippen LogP contribution in [0.3, 0.4) is 0 Å². The summed E-state index contributed by atoms with van der Waals surface area (Å²) >= 11 is 11.6. The van der Waals surface area contributed by atoms with E-state index in [-0.39, 0.29) is 17.4 Å². The molecule has 1 N–H and O–H groups in total. The van der Waals surface area contributed by atoms with Gasteiger partial charge in [-0.05, 0) is 18.2 Å². The Bertz CT molecular complexity index is 507. The highest BCUT2D eigenvalue weighted by molar-refractivity contribution is 7.92. The van der Waals surface area contributed by atoms with E-state index in [0.717, 1.165) is 0 Å². The van der Waals surface area contributed by atoms with Crippen molar-refractivity contribution in [2.24, 2.45) is 0 Å². The van der Waals surface area contributed by atoms with Crippen LogP contribution in [-0.4, -0.2) is 41.1 Å². The number of anilines is 1. The van der Waals surface area contributed by atoms with Gasteiger partial charge in [0.05, 0.1) is 36.3 Å². The van der Waals surface area contributed by atoms with E-state index in [1.807, 2.05) is 0 Å². The molecule has 1 rings (SSSR count). The van der Waals surface area contributed by atoms with Crippen molar-refractivity contribution in [3.63, 3.8) is 0 Å². The fraction of sp³-hybridized carbons (Fsp3) is 0.455. The van der Waals surface area contributed by atoms with Crippen molar-refractivity contribution in [1.29, 1.82) is 0 Å². The SMILES string of the molecule is COCCOCCS(=O)(=O)Nc1ccc(Cl)cc1Cl. The fourth-order valence-corrected chi connectivity index (χ4v) is 2.67. The Morgan fingerprint density at radius 1 is 1.21 bits per heavy atom. The first-order chi connectivity index (χ1) is 8.94. The molecule has 0 saturated carbocycles. The lowest BCUT2D eigenvalue weighted by molar-refractivity contribution is 0.0785. The van der Waals surface area contributed by atoms with E-state index in [2.05, 4.69) is 4.72 Å². The van der Waals surface area contributed by atoms with Crippen LogP contribution in [0.15, 0.2) is 18.2 Å². The highest BCUT2D eigenvalue weighted by Gasteiger charge is 2.12. The zero-order valence-corrected chi connectivity index (χ0v) is 12.7. The summed E-state index contributed by atoms with van der Waals surface area (Å²) in [5, 5.41) is 0.687. The number of rotatable bonds is 8. The highest BCUT2D eigenvalue weighted by atomic mass is 35.5. The summed E-state index contributed by atoms with van der Waals surface area (Å²) in [4.78, 5) is 0. The quantitative estimate of drug-likeness (QED) is 0.744. The third-order valence-electron chi connectivity index (χ3n) is 2.12. The van der Waals surface area contributed by atoms with Gasteiger partial charge < -0.3 is 9.47 Å². The lowest BCUT2D eigenvalue weighted by atomic mass is 10.3. The van der Waals surface area contributed by atoms with E-state index in [4.69, 9.17) is 32.7 Å². The van der Waals surface area contributed by atoms with Crippen molar-refractivity contribution in [3.05, 3.63) is 28.2 Å². The van der Waals surface area contributed by atoms with Crippen LogP contribution >= 0.6 is 23.2 Å². The number of halogens is 2. The molecule has 19 heavy (non-hydrogen) atoms. The number of benzene rings is 1. The van der Waals surface area contributed by atoms with Gasteiger partial charge in [0.2, 0.25) is 10.0 Å². The number of ether oxygens (including phenoxy) is 2. The molecular formula is C11H15Cl2NO4S. The molecular weight excluding hydrogens is 313 g/mol. The van der Waals surface area contributed by atoms with Gasteiger partial charge in [0, 0.05) is 12.1 Å². The standard InChI is InChI=1S/C11H15Cl2NO4S/c1-17-4-5-18-6-7-19(15,16)14-11-3-2-9(12)8-10(11)13/h2-3,8,14H,4-7H2,1H3. The van der Waals surface area contributed by atoms with Crippen molar-refractivity contribution in [2.45, 2.75) is 0 Å². The molecule has 1 aromatic carbocycles. The Morgan fingerprint density at radius 2 is 1.95 bits per heavy atom. The Hall–Kier alpha value is -0.530. The lowest BCUT2D eigenvalue weighted by Gasteiger charge is -2.10. The van der Waals surface area contributed by atoms with Crippen LogP contribution in [0.25, 0.3) is 0 Å². The Labute approximate surface area is 122 Å². The van der Waals surface area contributed by atoms with E-state index < -0.39 is 10.0 Å². The van der Waals surface area contributed by atoms with Gasteiger partial charge in [-0.3, -0.25) is 4.72 Å². The Kier molecular flexibility index (Phi) is 6.88. The average Bonchev–Trinajstić information content (AvgIpc) is 2.32. The van der Waals surface area contributed by atoms with Crippen LogP contribution in [0.1, 0.15) is 0 Å². The van der Waals surface area contributed by atoms with Crippen LogP contribution in [0.5, 0.6) is 0 Å². The number of nitrogens with one attached hydrogen (secondary N) is 1. The molecule has 0 radical (unpaired) electrons. The van der Waals surface area contributed by atoms with Crippen LogP contribution in [0.4, 0.5) is 5.69 Å². The minimum atomic E-state index is -3.50. The van der Waals surface area contributed by atoms with Gasteiger partial charge in [-0.2, -0.15) is 0 Å². The van der Waals surface area contributed by atoms with Gasteiger partial charge in [0.25, 0.3) is 0 Å². The largest absolute Gasteiger partial charge is 0.382 e. The molecule has 108 valence electrons. The van der Waals surface area contributed by atoms with Gasteiger partial charge in [0.15, 0.2) is 0 Å². The van der Waals surface area contributed by atoms with E-state index in [1.165, 1.54) is 12.1 Å². The van der Waals surface area contributed by atoms with Crippen LogP contribution in [0.2, 0.25) is 10.0 Å². The molecule has 0 amide bonds. The van der Waals surface area contributed by atoms with Gasteiger partial charge in [-0.1, -0.05) is 23.2 Å². The molecule has 8 heteroatoms. The number of sulfonamides is 1. The summed E-state index contributed by atoms with van der Waals surface area (Å²) in [6.45, 7) is 0.869. The fourth-order valence-electron chi connectivity index (χ4n) is 1.20. The molecule has 0 aliphatic carbocycles. The van der Waals surface area contributed by atoms with Crippen molar-refractivity contribution in [1.82, 2.24) is 0 Å². The molecule has 1 aromatic rings. The van der Waals surface area contributed by atoms with Gasteiger partial charge in [0.1, 0.15) is 0 Å². The van der Waals surface area contributed by atoms with E-state index >= 15 is 0 Å². The topological polar surface area (TPSA) is 64.6 Å². The number of hydrogen-bond acceptors (Lipinski definition) is 4. The third kappa shape index (κ3) is 6.44. The molecule has 0 heterocycles. The second-order valence-corrected chi connectivity index (χ2v) is 6.34. The molecule has 0 fully saturated rings. The van der Waals surface area contributed by atoms with E-state index in [1.54, 1.807) is 13.2 Å². The number of hydrogen-bond donors (Lipinski definition) is 1. The minimum Gasteiger partial charge on any atom is -0.382 e. The maximum atomic E-state index is 11.8. The third-order valence-corrected chi connectivity index (χ3v) is 3.91. The summed E-state index contributed by atoms with van der Waals surface area (Å²) in [5.41, 5.74) is 0.294. The molecule has 5 nitrogen and oxygen atoms in total. The number of methoxy groups -OCH3 is 1. The second kappa shape index (κ2) is 7.91. The van der Waals surface area contributed by atoms with Gasteiger partial charge >= 0.3 is 0 Å². The van der Waals surface area contributed by atoms with Crippen molar-refractivity contribution in [2.75, 3.05) is 37.4 Å². The molecule has 0 aliphatic rings. The first-order valence-corrected chi connectivity index (χ1v) is 7.87. The first kappa shape index (κ1) is 16.5. The average molecular weight is 328 g/mol. The Morgan fingerprint density at radius 3 is 2.58 bits per heavy atom. The van der Waals surface area contributed by atoms with Crippen LogP contribution in [-0.2, 0) is 19.5 Å². The molecule has 0 spiro atoms. The molecule has 0 bridgehead atoms. The first-order valence-electron chi connectivity index (χ1n) is 5.47. The van der Waals surface area contributed by atoms with Crippen LogP contribution < -0.4 is 4.72 Å². The maximum Gasteiger partial charge on any atom is 0.235 e. The van der Waals surface area contributed by atoms with E-state index in [9.17, 15) is 8.42 Å². The zero-order valence-electron chi connectivity index (χ0n) is 10.4. The summed E-state index contributed by atoms with van der Waals surface area (Å²) < 4.78 is 35.8. The summed E-state index contributed by atoms with van der Waals surface area (Å²) in [5.74, 6) is -0.157. The minimum absolute atomic E-state index is 0.0872. The zero-order chi connectivity index (χ0) is 14.3. The molecule has 0 unspecified atom stereocenters.